The number of para-hydroxylation sites is 1. The van der Waals surface area contributed by atoms with Crippen molar-refractivity contribution in [2.24, 2.45) is 0 Å². The summed E-state index contributed by atoms with van der Waals surface area (Å²) in [5.41, 5.74) is -0.375. The molecule has 1 saturated heterocycles. The summed E-state index contributed by atoms with van der Waals surface area (Å²) in [6.07, 6.45) is 2.09. The Kier molecular flexibility index (Phi) is 5.03. The summed E-state index contributed by atoms with van der Waals surface area (Å²) >= 11 is 0. The zero-order valence-corrected chi connectivity index (χ0v) is 11.5. The second-order valence-electron chi connectivity index (χ2n) is 5.01. The van der Waals surface area contributed by atoms with E-state index in [0.29, 0.717) is 6.04 Å². The highest BCUT2D eigenvalue weighted by molar-refractivity contribution is 5.92. The van der Waals surface area contributed by atoms with E-state index in [0.717, 1.165) is 38.1 Å². The second-order valence-corrected chi connectivity index (χ2v) is 5.01. The second kappa shape index (κ2) is 6.76. The first kappa shape index (κ1) is 14.9. The maximum absolute atomic E-state index is 13.4. The summed E-state index contributed by atoms with van der Waals surface area (Å²) in [5, 5.41) is 5.49. The van der Waals surface area contributed by atoms with Crippen LogP contribution in [0.4, 0.5) is 14.5 Å². The first-order valence-electron chi connectivity index (χ1n) is 6.73. The Balaban J connectivity index is 1.92. The van der Waals surface area contributed by atoms with Crippen molar-refractivity contribution in [1.82, 2.24) is 10.2 Å². The van der Waals surface area contributed by atoms with Gasteiger partial charge in [-0.2, -0.15) is 0 Å². The Hall–Kier alpha value is -1.53. The lowest BCUT2D eigenvalue weighted by atomic mass is 10.1. The van der Waals surface area contributed by atoms with Crippen LogP contribution in [0.5, 0.6) is 0 Å². The monoisotopic (exact) mass is 283 g/mol. The highest BCUT2D eigenvalue weighted by atomic mass is 19.1. The molecular formula is C14H19F2N3O. The van der Waals surface area contributed by atoms with Gasteiger partial charge in [0.2, 0.25) is 5.91 Å². The number of piperidine rings is 1. The van der Waals surface area contributed by atoms with Gasteiger partial charge in [0.1, 0.15) is 17.3 Å². The number of hydrogen-bond donors (Lipinski definition) is 2. The van der Waals surface area contributed by atoms with E-state index in [-0.39, 0.29) is 12.2 Å². The molecule has 2 N–H and O–H groups in total. The van der Waals surface area contributed by atoms with Gasteiger partial charge in [0, 0.05) is 12.6 Å². The summed E-state index contributed by atoms with van der Waals surface area (Å²) in [6, 6.07) is 3.87. The minimum atomic E-state index is -0.759. The molecule has 1 amide bonds. The average molecular weight is 283 g/mol. The van der Waals surface area contributed by atoms with Crippen molar-refractivity contribution in [3.63, 3.8) is 0 Å². The molecule has 0 aromatic heterocycles. The molecule has 4 nitrogen and oxygen atoms in total. The van der Waals surface area contributed by atoms with Crippen molar-refractivity contribution in [2.75, 3.05) is 32.0 Å². The molecule has 20 heavy (non-hydrogen) atoms. The van der Waals surface area contributed by atoms with Gasteiger partial charge in [-0.25, -0.2) is 8.78 Å². The molecule has 0 bridgehead atoms. The molecule has 1 atom stereocenters. The zero-order valence-electron chi connectivity index (χ0n) is 11.5. The number of amides is 1. The number of halogens is 2. The van der Waals surface area contributed by atoms with Crippen LogP contribution in [0, 0.1) is 11.6 Å². The number of likely N-dealkylation sites (N-methyl/N-ethyl adjacent to an activating group) is 1. The van der Waals surface area contributed by atoms with Gasteiger partial charge in [0.25, 0.3) is 0 Å². The van der Waals surface area contributed by atoms with Crippen LogP contribution in [-0.4, -0.2) is 43.5 Å². The Morgan fingerprint density at radius 1 is 1.40 bits per heavy atom. The van der Waals surface area contributed by atoms with E-state index in [1.54, 1.807) is 0 Å². The number of rotatable bonds is 4. The predicted octanol–water partition coefficient (Wildman–Crippen LogP) is 1.59. The van der Waals surface area contributed by atoms with Gasteiger partial charge >= 0.3 is 0 Å². The zero-order chi connectivity index (χ0) is 14.5. The lowest BCUT2D eigenvalue weighted by molar-refractivity contribution is -0.117. The maximum atomic E-state index is 13.4. The fourth-order valence-corrected chi connectivity index (χ4v) is 2.43. The lowest BCUT2D eigenvalue weighted by Gasteiger charge is -2.31. The number of carbonyl (C=O) groups is 1. The Bertz CT molecular complexity index is 461. The average Bonchev–Trinajstić information content (AvgIpc) is 2.43. The number of hydrogen-bond acceptors (Lipinski definition) is 3. The van der Waals surface area contributed by atoms with Gasteiger partial charge < -0.3 is 10.6 Å². The van der Waals surface area contributed by atoms with Crippen LogP contribution in [0.2, 0.25) is 0 Å². The van der Waals surface area contributed by atoms with E-state index in [9.17, 15) is 13.6 Å². The van der Waals surface area contributed by atoms with Crippen molar-refractivity contribution in [3.8, 4) is 0 Å². The summed E-state index contributed by atoms with van der Waals surface area (Å²) in [5.74, 6) is -1.92. The Morgan fingerprint density at radius 3 is 2.75 bits per heavy atom. The number of carbonyl (C=O) groups excluding carboxylic acids is 1. The quantitative estimate of drug-likeness (QED) is 0.882. The van der Waals surface area contributed by atoms with Crippen molar-refractivity contribution in [1.29, 1.82) is 0 Å². The topological polar surface area (TPSA) is 44.4 Å². The van der Waals surface area contributed by atoms with E-state index < -0.39 is 17.5 Å². The minimum absolute atomic E-state index is 0.145. The van der Waals surface area contributed by atoms with Crippen molar-refractivity contribution < 1.29 is 13.6 Å². The standard InChI is InChI=1S/C14H19F2N3O/c1-17-10-4-3-7-19(8-10)9-13(20)18-14-11(15)5-2-6-12(14)16/h2,5-6,10,17H,3-4,7-9H2,1H3,(H,18,20). The van der Waals surface area contributed by atoms with E-state index >= 15 is 0 Å². The summed E-state index contributed by atoms with van der Waals surface area (Å²) in [7, 11) is 1.89. The third kappa shape index (κ3) is 3.74. The summed E-state index contributed by atoms with van der Waals surface area (Å²) < 4.78 is 26.9. The molecule has 1 fully saturated rings. The molecule has 1 aliphatic rings. The molecule has 6 heteroatoms. The highest BCUT2D eigenvalue weighted by Gasteiger charge is 2.21. The molecule has 1 aromatic carbocycles. The molecule has 0 spiro atoms. The van der Waals surface area contributed by atoms with Gasteiger partial charge in [0.05, 0.1) is 6.54 Å². The van der Waals surface area contributed by atoms with Gasteiger partial charge in [-0.15, -0.1) is 0 Å². The first-order valence-corrected chi connectivity index (χ1v) is 6.73. The summed E-state index contributed by atoms with van der Waals surface area (Å²) in [6.45, 7) is 1.74. The SMILES string of the molecule is CNC1CCCN(CC(=O)Nc2c(F)cccc2F)C1. The molecule has 0 saturated carbocycles. The molecular weight excluding hydrogens is 264 g/mol. The van der Waals surface area contributed by atoms with Crippen molar-refractivity contribution >= 4 is 11.6 Å². The third-order valence-electron chi connectivity index (χ3n) is 3.51. The van der Waals surface area contributed by atoms with E-state index in [1.807, 2.05) is 11.9 Å². The van der Waals surface area contributed by atoms with Crippen LogP contribution in [0.3, 0.4) is 0 Å². The number of likely N-dealkylation sites (tertiary alicyclic amines) is 1. The number of nitrogens with zero attached hydrogens (tertiary/aromatic N) is 1. The van der Waals surface area contributed by atoms with Crippen LogP contribution in [-0.2, 0) is 4.79 Å². The molecule has 110 valence electrons. The van der Waals surface area contributed by atoms with Crippen LogP contribution < -0.4 is 10.6 Å². The smallest absolute Gasteiger partial charge is 0.238 e. The minimum Gasteiger partial charge on any atom is -0.320 e. The molecule has 1 heterocycles. The fraction of sp³-hybridized carbons (Fsp3) is 0.500. The van der Waals surface area contributed by atoms with Gasteiger partial charge in [0.15, 0.2) is 0 Å². The van der Waals surface area contributed by atoms with Crippen LogP contribution in [0.15, 0.2) is 18.2 Å². The third-order valence-corrected chi connectivity index (χ3v) is 3.51. The van der Waals surface area contributed by atoms with Gasteiger partial charge in [-0.1, -0.05) is 6.07 Å². The maximum Gasteiger partial charge on any atom is 0.238 e. The largest absolute Gasteiger partial charge is 0.320 e. The molecule has 1 unspecified atom stereocenters. The summed E-state index contributed by atoms with van der Waals surface area (Å²) in [4.78, 5) is 13.9. The normalized spacial score (nSPS) is 19.9. The molecule has 2 rings (SSSR count). The molecule has 0 aliphatic carbocycles. The number of nitrogens with one attached hydrogen (secondary N) is 2. The highest BCUT2D eigenvalue weighted by Crippen LogP contribution is 2.18. The van der Waals surface area contributed by atoms with Crippen LogP contribution >= 0.6 is 0 Å². The first-order chi connectivity index (χ1) is 9.60. The van der Waals surface area contributed by atoms with Gasteiger partial charge in [-0.05, 0) is 38.6 Å². The number of benzene rings is 1. The predicted molar refractivity (Wildman–Crippen MR) is 73.5 cm³/mol. The van der Waals surface area contributed by atoms with E-state index in [2.05, 4.69) is 10.6 Å². The Morgan fingerprint density at radius 2 is 2.10 bits per heavy atom. The van der Waals surface area contributed by atoms with Gasteiger partial charge in [-0.3, -0.25) is 9.69 Å². The van der Waals surface area contributed by atoms with E-state index in [1.165, 1.54) is 6.07 Å². The van der Waals surface area contributed by atoms with Crippen LogP contribution in [0.1, 0.15) is 12.8 Å². The Labute approximate surface area is 117 Å². The molecule has 1 aromatic rings. The lowest BCUT2D eigenvalue weighted by Crippen LogP contribution is -2.47. The molecule has 0 radical (unpaired) electrons. The van der Waals surface area contributed by atoms with Crippen LogP contribution in [0.25, 0.3) is 0 Å². The number of anilines is 1. The van der Waals surface area contributed by atoms with Crippen molar-refractivity contribution in [2.45, 2.75) is 18.9 Å². The fourth-order valence-electron chi connectivity index (χ4n) is 2.43. The van der Waals surface area contributed by atoms with E-state index in [4.69, 9.17) is 0 Å². The van der Waals surface area contributed by atoms with Crippen molar-refractivity contribution in [3.05, 3.63) is 29.8 Å². The molecule has 1 aliphatic heterocycles.